The van der Waals surface area contributed by atoms with Gasteiger partial charge in [-0.15, -0.1) is 0 Å². The van der Waals surface area contributed by atoms with Crippen molar-refractivity contribution >= 4 is 45.6 Å². The molecule has 0 spiro atoms. The molecule has 8 heteroatoms. The van der Waals surface area contributed by atoms with E-state index in [9.17, 15) is 9.00 Å². The number of benzene rings is 1. The lowest BCUT2D eigenvalue weighted by Crippen LogP contribution is -2.14. The van der Waals surface area contributed by atoms with Crippen LogP contribution >= 0.6 is 23.2 Å². The van der Waals surface area contributed by atoms with E-state index in [4.69, 9.17) is 27.9 Å². The van der Waals surface area contributed by atoms with Gasteiger partial charge in [0.25, 0.3) is 5.91 Å². The number of ether oxygens (including phenoxy) is 1. The highest BCUT2D eigenvalue weighted by molar-refractivity contribution is 7.90. The molecule has 1 atom stereocenters. The first-order valence-corrected chi connectivity index (χ1v) is 8.87. The van der Waals surface area contributed by atoms with Gasteiger partial charge in [-0.2, -0.15) is 0 Å². The van der Waals surface area contributed by atoms with Gasteiger partial charge in [0.1, 0.15) is 9.40 Å². The minimum absolute atomic E-state index is 0.174. The Kier molecular flexibility index (Phi) is 6.78. The topological polar surface area (TPSA) is 68.3 Å². The van der Waals surface area contributed by atoms with Gasteiger partial charge in [0, 0.05) is 6.07 Å². The van der Waals surface area contributed by atoms with Crippen LogP contribution in [0.4, 0.5) is 5.69 Å². The van der Waals surface area contributed by atoms with E-state index in [1.54, 1.807) is 12.1 Å². The fourth-order valence-electron chi connectivity index (χ4n) is 1.74. The maximum Gasteiger partial charge on any atom is 0.269 e. The molecule has 0 aliphatic rings. The number of halogens is 2. The lowest BCUT2D eigenvalue weighted by molar-refractivity contribution is -0.112. The van der Waals surface area contributed by atoms with E-state index >= 15 is 0 Å². The molecule has 1 heterocycles. The quantitative estimate of drug-likeness (QED) is 0.772. The molecule has 0 aliphatic carbocycles. The second-order valence-corrected chi connectivity index (χ2v) is 6.97. The van der Waals surface area contributed by atoms with E-state index in [0.29, 0.717) is 11.6 Å². The van der Waals surface area contributed by atoms with Crippen LogP contribution in [-0.4, -0.2) is 22.2 Å². The molecule has 1 amide bonds. The predicted molar refractivity (Wildman–Crippen MR) is 96.4 cm³/mol. The zero-order valence-electron chi connectivity index (χ0n) is 12.7. The molecule has 1 N–H and O–H groups in total. The van der Waals surface area contributed by atoms with Gasteiger partial charge < -0.3 is 10.1 Å². The standard InChI is InChI=1S/C16H14Cl2N2O3S/c1-23-13-8-7-12(9-19-13)20-16(21)14(17)15(18)24(22)10-11-5-3-2-4-6-11/h2-9H,10H2,1H3,(H,20,21)/b15-14+/t24-/m0/s1. The number of rotatable bonds is 6. The van der Waals surface area contributed by atoms with E-state index < -0.39 is 16.7 Å². The Morgan fingerprint density at radius 3 is 2.50 bits per heavy atom. The smallest absolute Gasteiger partial charge is 0.269 e. The molecular weight excluding hydrogens is 371 g/mol. The maximum atomic E-state index is 12.2. The fraction of sp³-hybridized carbons (Fsp3) is 0.125. The van der Waals surface area contributed by atoms with Gasteiger partial charge in [-0.3, -0.25) is 9.00 Å². The summed E-state index contributed by atoms with van der Waals surface area (Å²) in [5.74, 6) is -0.0699. The lowest BCUT2D eigenvalue weighted by Gasteiger charge is -2.07. The normalized spacial score (nSPS) is 13.0. The van der Waals surface area contributed by atoms with Gasteiger partial charge in [0.05, 0.1) is 35.5 Å². The number of carbonyl (C=O) groups is 1. The van der Waals surface area contributed by atoms with Gasteiger partial charge in [-0.25, -0.2) is 4.98 Å². The highest BCUT2D eigenvalue weighted by Gasteiger charge is 2.17. The summed E-state index contributed by atoms with van der Waals surface area (Å²) in [6.07, 6.45) is 1.41. The van der Waals surface area contributed by atoms with Gasteiger partial charge in [0.15, 0.2) is 0 Å². The minimum atomic E-state index is -1.61. The first kappa shape index (κ1) is 18.4. The maximum absolute atomic E-state index is 12.2. The molecule has 0 saturated carbocycles. The molecule has 0 bridgehead atoms. The number of hydrogen-bond donors (Lipinski definition) is 1. The molecule has 0 aliphatic heterocycles. The second-order valence-electron chi connectivity index (χ2n) is 4.61. The average molecular weight is 385 g/mol. The largest absolute Gasteiger partial charge is 0.481 e. The summed E-state index contributed by atoms with van der Waals surface area (Å²) >= 11 is 11.9. The van der Waals surface area contributed by atoms with E-state index in [2.05, 4.69) is 10.3 Å². The third-order valence-electron chi connectivity index (χ3n) is 2.92. The molecule has 0 radical (unpaired) electrons. The summed E-state index contributed by atoms with van der Waals surface area (Å²) in [6, 6.07) is 12.3. The van der Waals surface area contributed by atoms with Gasteiger partial charge in [-0.1, -0.05) is 53.5 Å². The second kappa shape index (κ2) is 8.82. The minimum Gasteiger partial charge on any atom is -0.481 e. The van der Waals surface area contributed by atoms with Crippen LogP contribution in [0.25, 0.3) is 0 Å². The van der Waals surface area contributed by atoms with E-state index in [1.165, 1.54) is 13.3 Å². The van der Waals surface area contributed by atoms with Crippen molar-refractivity contribution in [2.45, 2.75) is 5.75 Å². The van der Waals surface area contributed by atoms with Crippen LogP contribution in [-0.2, 0) is 21.3 Å². The first-order valence-electron chi connectivity index (χ1n) is 6.80. The fourth-order valence-corrected chi connectivity index (χ4v) is 3.21. The number of methoxy groups -OCH3 is 1. The van der Waals surface area contributed by atoms with Crippen molar-refractivity contribution in [2.24, 2.45) is 0 Å². The molecule has 5 nitrogen and oxygen atoms in total. The van der Waals surface area contributed by atoms with Crippen LogP contribution in [0.1, 0.15) is 5.56 Å². The molecule has 2 rings (SSSR count). The van der Waals surface area contributed by atoms with Crippen LogP contribution in [0.5, 0.6) is 5.88 Å². The Morgan fingerprint density at radius 2 is 1.92 bits per heavy atom. The highest BCUT2D eigenvalue weighted by Crippen LogP contribution is 2.22. The van der Waals surface area contributed by atoms with Crippen LogP contribution < -0.4 is 10.1 Å². The SMILES string of the molecule is COc1ccc(NC(=O)/C(Cl)=C(/Cl)[S@@](=O)Cc2ccccc2)cn1. The third kappa shape index (κ3) is 5.06. The van der Waals surface area contributed by atoms with Crippen LogP contribution in [0.3, 0.4) is 0 Å². The molecule has 24 heavy (non-hydrogen) atoms. The molecule has 1 aromatic heterocycles. The Balaban J connectivity index is 2.06. The Bertz CT molecular complexity index is 765. The lowest BCUT2D eigenvalue weighted by atomic mass is 10.2. The zero-order chi connectivity index (χ0) is 17.5. The Morgan fingerprint density at radius 1 is 1.21 bits per heavy atom. The summed E-state index contributed by atoms with van der Waals surface area (Å²) < 4.78 is 17.0. The third-order valence-corrected chi connectivity index (χ3v) is 5.39. The van der Waals surface area contributed by atoms with Crippen LogP contribution in [0, 0.1) is 0 Å². The number of nitrogens with zero attached hydrogens (tertiary/aromatic N) is 1. The number of pyridine rings is 1. The highest BCUT2D eigenvalue weighted by atomic mass is 35.5. The number of aromatic nitrogens is 1. The number of carbonyl (C=O) groups excluding carboxylic acids is 1. The van der Waals surface area contributed by atoms with Crippen LogP contribution in [0.15, 0.2) is 58.1 Å². The predicted octanol–water partition coefficient (Wildman–Crippen LogP) is 3.62. The molecule has 0 saturated heterocycles. The van der Waals surface area contributed by atoms with Gasteiger partial charge >= 0.3 is 0 Å². The van der Waals surface area contributed by atoms with Crippen molar-refractivity contribution in [3.05, 3.63) is 63.6 Å². The summed E-state index contributed by atoms with van der Waals surface area (Å²) in [4.78, 5) is 16.0. The molecule has 126 valence electrons. The van der Waals surface area contributed by atoms with Gasteiger partial charge in [0.2, 0.25) is 5.88 Å². The summed E-state index contributed by atoms with van der Waals surface area (Å²) in [6.45, 7) is 0. The molecular formula is C16H14Cl2N2O3S. The van der Waals surface area contributed by atoms with Crippen molar-refractivity contribution in [3.8, 4) is 5.88 Å². The molecule has 0 fully saturated rings. The van der Waals surface area contributed by atoms with Gasteiger partial charge in [-0.05, 0) is 11.6 Å². The monoisotopic (exact) mass is 384 g/mol. The molecule has 0 unspecified atom stereocenters. The van der Waals surface area contributed by atoms with Crippen molar-refractivity contribution in [1.29, 1.82) is 0 Å². The number of nitrogens with one attached hydrogen (secondary N) is 1. The molecule has 1 aromatic carbocycles. The summed E-state index contributed by atoms with van der Waals surface area (Å²) in [5.41, 5.74) is 1.25. The number of amides is 1. The molecule has 2 aromatic rings. The first-order chi connectivity index (χ1) is 11.5. The van der Waals surface area contributed by atoms with Crippen molar-refractivity contribution in [2.75, 3.05) is 12.4 Å². The van der Waals surface area contributed by atoms with E-state index in [-0.39, 0.29) is 15.1 Å². The number of anilines is 1. The zero-order valence-corrected chi connectivity index (χ0v) is 15.0. The van der Waals surface area contributed by atoms with Crippen molar-refractivity contribution in [1.82, 2.24) is 4.98 Å². The summed E-state index contributed by atoms with van der Waals surface area (Å²) in [7, 11) is -0.125. The van der Waals surface area contributed by atoms with Crippen LogP contribution in [0.2, 0.25) is 0 Å². The average Bonchev–Trinajstić information content (AvgIpc) is 2.61. The summed E-state index contributed by atoms with van der Waals surface area (Å²) in [5, 5.41) is 2.21. The number of hydrogen-bond acceptors (Lipinski definition) is 4. The van der Waals surface area contributed by atoms with E-state index in [0.717, 1.165) is 5.56 Å². The van der Waals surface area contributed by atoms with Crippen molar-refractivity contribution in [3.63, 3.8) is 0 Å². The Hall–Kier alpha value is -1.89. The Labute approximate surface area is 152 Å². The van der Waals surface area contributed by atoms with Crippen molar-refractivity contribution < 1.29 is 13.7 Å². The van der Waals surface area contributed by atoms with E-state index in [1.807, 2.05) is 30.3 Å².